The van der Waals surface area contributed by atoms with E-state index < -0.39 is 6.23 Å². The van der Waals surface area contributed by atoms with E-state index in [2.05, 4.69) is 29.8 Å². The molecule has 2 saturated heterocycles. The Kier molecular flexibility index (Phi) is 5.81. The second kappa shape index (κ2) is 8.67. The number of urea groups is 1. The van der Waals surface area contributed by atoms with Crippen molar-refractivity contribution in [2.24, 2.45) is 0 Å². The van der Waals surface area contributed by atoms with Crippen LogP contribution in [0.15, 0.2) is 42.2 Å². The lowest BCUT2D eigenvalue weighted by Gasteiger charge is -2.45. The van der Waals surface area contributed by atoms with E-state index in [-0.39, 0.29) is 17.5 Å². The number of aromatic nitrogens is 1. The number of rotatable bonds is 5. The van der Waals surface area contributed by atoms with Crippen molar-refractivity contribution >= 4 is 6.03 Å². The molecular formula is C26H34N4O4. The highest BCUT2D eigenvalue weighted by atomic mass is 16.5. The van der Waals surface area contributed by atoms with Gasteiger partial charge in [0.05, 0.1) is 32.0 Å². The molecule has 2 N–H and O–H groups in total. The Morgan fingerprint density at radius 2 is 2.00 bits per heavy atom. The zero-order valence-electron chi connectivity index (χ0n) is 20.4. The first-order valence-corrected chi connectivity index (χ1v) is 12.0. The minimum atomic E-state index is -0.668. The zero-order valence-corrected chi connectivity index (χ0v) is 20.4. The smallest absolute Gasteiger partial charge is 0.325 e. The Morgan fingerprint density at radius 1 is 1.24 bits per heavy atom. The van der Waals surface area contributed by atoms with Gasteiger partial charge in [-0.15, -0.1) is 0 Å². The molecular weight excluding hydrogens is 432 g/mol. The number of aromatic amines is 1. The van der Waals surface area contributed by atoms with Gasteiger partial charge in [-0.1, -0.05) is 13.0 Å². The van der Waals surface area contributed by atoms with Crippen LogP contribution in [0.5, 0.6) is 11.5 Å². The number of likely N-dealkylation sites (tertiary alicyclic amines) is 1. The zero-order chi connectivity index (χ0) is 24.0. The number of likely N-dealkylation sites (N-methyl/N-ethyl adjacent to an activating group) is 1. The molecule has 0 saturated carbocycles. The molecule has 2 atom stereocenters. The maximum absolute atomic E-state index is 13.7. The van der Waals surface area contributed by atoms with Crippen LogP contribution in [0.3, 0.4) is 0 Å². The Labute approximate surface area is 200 Å². The van der Waals surface area contributed by atoms with Crippen LogP contribution in [-0.2, 0) is 6.54 Å². The minimum Gasteiger partial charge on any atom is -0.497 e. The number of piperidine rings is 1. The van der Waals surface area contributed by atoms with Crippen LogP contribution in [0, 0.1) is 0 Å². The predicted molar refractivity (Wildman–Crippen MR) is 129 cm³/mol. The van der Waals surface area contributed by atoms with E-state index in [0.717, 1.165) is 46.9 Å². The SMILES string of the molecule is CCN1C(=O)N2Cc3cc(OC)cc(OC)c3[C@@H](C)C=C2C12CCN(C(O)c1ccc[nH]1)CC2. The second-order valence-electron chi connectivity index (χ2n) is 9.42. The van der Waals surface area contributed by atoms with Gasteiger partial charge in [0, 0.05) is 49.1 Å². The molecule has 182 valence electrons. The number of hydrogen-bond donors (Lipinski definition) is 2. The molecule has 3 aliphatic heterocycles. The van der Waals surface area contributed by atoms with Gasteiger partial charge in [-0.2, -0.15) is 0 Å². The highest BCUT2D eigenvalue weighted by molar-refractivity contribution is 5.83. The summed E-state index contributed by atoms with van der Waals surface area (Å²) < 4.78 is 11.2. The number of aliphatic hydroxyl groups is 1. The number of hydrogen-bond acceptors (Lipinski definition) is 5. The van der Waals surface area contributed by atoms with Crippen molar-refractivity contribution in [3.05, 3.63) is 59.1 Å². The maximum Gasteiger partial charge on any atom is 0.325 e. The monoisotopic (exact) mass is 466 g/mol. The number of nitrogens with one attached hydrogen (secondary N) is 1. The third-order valence-corrected chi connectivity index (χ3v) is 7.78. The summed E-state index contributed by atoms with van der Waals surface area (Å²) >= 11 is 0. The van der Waals surface area contributed by atoms with Crippen LogP contribution >= 0.6 is 0 Å². The number of aliphatic hydroxyl groups excluding tert-OH is 1. The second-order valence-corrected chi connectivity index (χ2v) is 9.42. The van der Waals surface area contributed by atoms with Crippen molar-refractivity contribution < 1.29 is 19.4 Å². The van der Waals surface area contributed by atoms with Crippen molar-refractivity contribution in [3.8, 4) is 11.5 Å². The molecule has 1 spiro atoms. The average molecular weight is 467 g/mol. The molecule has 5 rings (SSSR count). The van der Waals surface area contributed by atoms with E-state index in [9.17, 15) is 9.90 Å². The number of amides is 2. The number of nitrogens with zero attached hydrogens (tertiary/aromatic N) is 3. The molecule has 8 heteroatoms. The third kappa shape index (κ3) is 3.39. The van der Waals surface area contributed by atoms with Gasteiger partial charge < -0.3 is 24.5 Å². The van der Waals surface area contributed by atoms with E-state index in [0.29, 0.717) is 26.2 Å². The lowest BCUT2D eigenvalue weighted by molar-refractivity contribution is -0.0352. The van der Waals surface area contributed by atoms with Crippen LogP contribution in [0.25, 0.3) is 0 Å². The van der Waals surface area contributed by atoms with E-state index in [4.69, 9.17) is 9.47 Å². The van der Waals surface area contributed by atoms with Crippen molar-refractivity contribution in [3.63, 3.8) is 0 Å². The fourth-order valence-corrected chi connectivity index (χ4v) is 6.10. The number of allylic oxidation sites excluding steroid dienone is 1. The first-order chi connectivity index (χ1) is 16.4. The molecule has 1 aromatic carbocycles. The Morgan fingerprint density at radius 3 is 2.62 bits per heavy atom. The van der Waals surface area contributed by atoms with Gasteiger partial charge >= 0.3 is 6.03 Å². The summed E-state index contributed by atoms with van der Waals surface area (Å²) in [6.45, 7) is 6.76. The van der Waals surface area contributed by atoms with Gasteiger partial charge in [0.1, 0.15) is 17.7 Å². The first-order valence-electron chi connectivity index (χ1n) is 12.0. The van der Waals surface area contributed by atoms with Gasteiger partial charge in [-0.3, -0.25) is 9.80 Å². The normalized spacial score (nSPS) is 22.8. The average Bonchev–Trinajstić information content (AvgIpc) is 3.42. The molecule has 1 unspecified atom stereocenters. The Hall–Kier alpha value is -2.97. The molecule has 8 nitrogen and oxygen atoms in total. The van der Waals surface area contributed by atoms with Crippen molar-refractivity contribution in [2.45, 2.75) is 50.9 Å². The van der Waals surface area contributed by atoms with Crippen LogP contribution in [-0.4, -0.2) is 70.2 Å². The maximum atomic E-state index is 13.7. The molecule has 2 fully saturated rings. The quantitative estimate of drug-likeness (QED) is 0.700. The predicted octanol–water partition coefficient (Wildman–Crippen LogP) is 3.82. The molecule has 0 radical (unpaired) electrons. The first kappa shape index (κ1) is 22.8. The summed E-state index contributed by atoms with van der Waals surface area (Å²) in [7, 11) is 3.33. The van der Waals surface area contributed by atoms with Crippen LogP contribution in [0.1, 0.15) is 55.7 Å². The summed E-state index contributed by atoms with van der Waals surface area (Å²) in [5.74, 6) is 1.60. The molecule has 1 aromatic heterocycles. The fourth-order valence-electron chi connectivity index (χ4n) is 6.10. The summed E-state index contributed by atoms with van der Waals surface area (Å²) in [5.41, 5.74) is 3.67. The van der Waals surface area contributed by atoms with Gasteiger partial charge in [0.15, 0.2) is 0 Å². The van der Waals surface area contributed by atoms with E-state index in [1.54, 1.807) is 14.2 Å². The van der Waals surface area contributed by atoms with Crippen molar-refractivity contribution in [2.75, 3.05) is 33.9 Å². The molecule has 2 aromatic rings. The van der Waals surface area contributed by atoms with E-state index in [1.807, 2.05) is 40.3 Å². The Bertz CT molecular complexity index is 1090. The van der Waals surface area contributed by atoms with Crippen LogP contribution in [0.4, 0.5) is 4.79 Å². The number of fused-ring (bicyclic) bond motifs is 3. The van der Waals surface area contributed by atoms with Crippen LogP contribution in [0.2, 0.25) is 0 Å². The lowest BCUT2D eigenvalue weighted by Crippen LogP contribution is -2.54. The van der Waals surface area contributed by atoms with E-state index in [1.165, 1.54) is 0 Å². The van der Waals surface area contributed by atoms with Crippen LogP contribution < -0.4 is 9.47 Å². The number of methoxy groups -OCH3 is 2. The number of benzene rings is 1. The molecule has 4 heterocycles. The van der Waals surface area contributed by atoms with Crippen molar-refractivity contribution in [1.29, 1.82) is 0 Å². The number of H-pyrrole nitrogens is 1. The summed E-state index contributed by atoms with van der Waals surface area (Å²) in [5, 5.41) is 10.8. The van der Waals surface area contributed by atoms with Gasteiger partial charge in [0.25, 0.3) is 0 Å². The van der Waals surface area contributed by atoms with Gasteiger partial charge in [0.2, 0.25) is 0 Å². The lowest BCUT2D eigenvalue weighted by atomic mass is 9.82. The topological polar surface area (TPSA) is 81.3 Å². The fraction of sp³-hybridized carbons (Fsp3) is 0.500. The standard InChI is InChI=1S/C26H34N4O4/c1-5-30-25(32)29-16-18-14-19(33-3)15-21(34-4)23(18)17(2)13-22(29)26(30)8-11-28(12-9-26)24(31)20-7-6-10-27-20/h6-7,10,13-15,17,24,27,31H,5,8-9,11-12,16H2,1-4H3/t17-,24?/m0/s1. The van der Waals surface area contributed by atoms with Gasteiger partial charge in [-0.25, -0.2) is 4.79 Å². The molecule has 0 aliphatic carbocycles. The number of carbonyl (C=O) groups is 1. The summed E-state index contributed by atoms with van der Waals surface area (Å²) in [6.07, 6.45) is 4.96. The summed E-state index contributed by atoms with van der Waals surface area (Å²) in [4.78, 5) is 22.9. The molecule has 34 heavy (non-hydrogen) atoms. The van der Waals surface area contributed by atoms with E-state index >= 15 is 0 Å². The molecule has 0 bridgehead atoms. The largest absolute Gasteiger partial charge is 0.497 e. The van der Waals surface area contributed by atoms with Gasteiger partial charge in [-0.05, 0) is 43.5 Å². The highest BCUT2D eigenvalue weighted by Crippen LogP contribution is 2.49. The van der Waals surface area contributed by atoms with Crippen molar-refractivity contribution in [1.82, 2.24) is 19.7 Å². The highest BCUT2D eigenvalue weighted by Gasteiger charge is 2.55. The molecule has 3 aliphatic rings. The number of carbonyl (C=O) groups excluding carboxylic acids is 1. The Balaban J connectivity index is 1.50. The minimum absolute atomic E-state index is 0.0500. The molecule has 2 amide bonds. The summed E-state index contributed by atoms with van der Waals surface area (Å²) in [6, 6.07) is 7.79. The number of ether oxygens (including phenoxy) is 2. The third-order valence-electron chi connectivity index (χ3n) is 7.78.